The highest BCUT2D eigenvalue weighted by Crippen LogP contribution is 2.53. The van der Waals surface area contributed by atoms with Gasteiger partial charge in [0.25, 0.3) is 0 Å². The van der Waals surface area contributed by atoms with E-state index in [0.29, 0.717) is 0 Å². The van der Waals surface area contributed by atoms with Crippen molar-refractivity contribution in [2.75, 3.05) is 18.5 Å². The lowest BCUT2D eigenvalue weighted by Crippen LogP contribution is -2.39. The van der Waals surface area contributed by atoms with Gasteiger partial charge in [0.2, 0.25) is 5.91 Å². The summed E-state index contributed by atoms with van der Waals surface area (Å²) in [5.74, 6) is 0.113. The molecule has 1 amide bonds. The van der Waals surface area contributed by atoms with Gasteiger partial charge >= 0.3 is 0 Å². The minimum absolute atomic E-state index is 0.113. The third kappa shape index (κ3) is 3.16. The summed E-state index contributed by atoms with van der Waals surface area (Å²) in [6.45, 7) is 0.135. The zero-order valence-corrected chi connectivity index (χ0v) is 19.2. The van der Waals surface area contributed by atoms with E-state index in [4.69, 9.17) is 0 Å². The maximum absolute atomic E-state index is 13.3. The number of hydrogen-bond acceptors (Lipinski definition) is 4. The SMILES string of the molecule is CNC1CC1.O=CCN1C(=O)C2(CCCC2)c2cc3[nH]c4c(c3cc21)CCCc1cn[nH]c1-4. The minimum Gasteiger partial charge on any atom is -0.353 e. The van der Waals surface area contributed by atoms with Gasteiger partial charge in [0.05, 0.1) is 29.5 Å². The Hall–Kier alpha value is -2.93. The molecular weight excluding hydrogens is 414 g/mol. The van der Waals surface area contributed by atoms with Crippen LogP contribution in [0.2, 0.25) is 0 Å². The van der Waals surface area contributed by atoms with Gasteiger partial charge in [-0.3, -0.25) is 9.89 Å². The molecular formula is C26H31N5O2. The molecule has 1 aromatic carbocycles. The van der Waals surface area contributed by atoms with Crippen LogP contribution in [0.3, 0.4) is 0 Å². The highest BCUT2D eigenvalue weighted by molar-refractivity contribution is 6.12. The molecule has 2 saturated carbocycles. The quantitative estimate of drug-likeness (QED) is 0.535. The molecule has 7 nitrogen and oxygen atoms in total. The molecule has 2 aromatic heterocycles. The number of aromatic nitrogens is 3. The van der Waals surface area contributed by atoms with Crippen molar-refractivity contribution in [1.29, 1.82) is 0 Å². The molecule has 3 N–H and O–H groups in total. The maximum Gasteiger partial charge on any atom is 0.238 e. The van der Waals surface area contributed by atoms with Crippen LogP contribution < -0.4 is 10.2 Å². The number of carbonyl (C=O) groups is 2. The smallest absolute Gasteiger partial charge is 0.238 e. The topological polar surface area (TPSA) is 93.9 Å². The number of aromatic amines is 2. The maximum atomic E-state index is 13.3. The first-order valence-electron chi connectivity index (χ1n) is 12.3. The number of anilines is 1. The average Bonchev–Trinajstić information content (AvgIpc) is 3.15. The fraction of sp³-hybridized carbons (Fsp3) is 0.500. The summed E-state index contributed by atoms with van der Waals surface area (Å²) in [7, 11) is 2.01. The highest BCUT2D eigenvalue weighted by Gasteiger charge is 2.52. The highest BCUT2D eigenvalue weighted by atomic mass is 16.2. The first-order valence-corrected chi connectivity index (χ1v) is 12.3. The number of H-pyrrole nitrogens is 2. The zero-order chi connectivity index (χ0) is 22.6. The van der Waals surface area contributed by atoms with E-state index < -0.39 is 5.41 Å². The van der Waals surface area contributed by atoms with Gasteiger partial charge in [-0.2, -0.15) is 5.10 Å². The normalized spacial score (nSPS) is 20.3. The Labute approximate surface area is 193 Å². The lowest BCUT2D eigenvalue weighted by molar-refractivity contribution is -0.123. The van der Waals surface area contributed by atoms with Crippen LogP contribution >= 0.6 is 0 Å². The Bertz CT molecular complexity index is 1230. The van der Waals surface area contributed by atoms with Crippen LogP contribution in [0.5, 0.6) is 0 Å². The van der Waals surface area contributed by atoms with Crippen molar-refractivity contribution in [2.45, 2.75) is 69.2 Å². The number of carbonyl (C=O) groups excluding carboxylic acids is 2. The van der Waals surface area contributed by atoms with Crippen LogP contribution in [0.1, 0.15) is 61.6 Å². The Morgan fingerprint density at radius 2 is 2.00 bits per heavy atom. The van der Waals surface area contributed by atoms with Crippen molar-refractivity contribution in [3.05, 3.63) is 35.0 Å². The molecule has 1 aliphatic heterocycles. The number of rotatable bonds is 3. The third-order valence-electron chi connectivity index (χ3n) is 8.02. The van der Waals surface area contributed by atoms with Gasteiger partial charge in [0.1, 0.15) is 6.29 Å². The number of nitrogens with one attached hydrogen (secondary N) is 3. The van der Waals surface area contributed by atoms with Crippen LogP contribution in [0.25, 0.3) is 22.3 Å². The monoisotopic (exact) mass is 445 g/mol. The molecule has 3 heterocycles. The molecule has 3 aliphatic carbocycles. The Morgan fingerprint density at radius 3 is 2.70 bits per heavy atom. The molecule has 0 atom stereocenters. The molecule has 1 spiro atoms. The molecule has 0 radical (unpaired) electrons. The van der Waals surface area contributed by atoms with Crippen molar-refractivity contribution in [3.8, 4) is 11.4 Å². The van der Waals surface area contributed by atoms with E-state index in [0.717, 1.165) is 90.8 Å². The van der Waals surface area contributed by atoms with Gasteiger partial charge in [0.15, 0.2) is 0 Å². The second kappa shape index (κ2) is 7.83. The van der Waals surface area contributed by atoms with E-state index in [1.165, 1.54) is 24.0 Å². The van der Waals surface area contributed by atoms with E-state index in [9.17, 15) is 9.59 Å². The van der Waals surface area contributed by atoms with Gasteiger partial charge in [-0.1, -0.05) is 12.8 Å². The number of nitrogens with zero attached hydrogens (tertiary/aromatic N) is 2. The fourth-order valence-electron chi connectivity index (χ4n) is 6.11. The summed E-state index contributed by atoms with van der Waals surface area (Å²) in [4.78, 5) is 29.9. The minimum atomic E-state index is -0.436. The van der Waals surface area contributed by atoms with Crippen LogP contribution in [0, 0.1) is 0 Å². The van der Waals surface area contributed by atoms with Crippen LogP contribution in [0.15, 0.2) is 18.3 Å². The van der Waals surface area contributed by atoms with Crippen LogP contribution in [0.4, 0.5) is 5.69 Å². The Morgan fingerprint density at radius 1 is 1.18 bits per heavy atom. The molecule has 33 heavy (non-hydrogen) atoms. The van der Waals surface area contributed by atoms with Crippen molar-refractivity contribution >= 4 is 28.8 Å². The average molecular weight is 446 g/mol. The lowest BCUT2D eigenvalue weighted by Gasteiger charge is -2.22. The summed E-state index contributed by atoms with van der Waals surface area (Å²) in [6, 6.07) is 5.22. The predicted molar refractivity (Wildman–Crippen MR) is 129 cm³/mol. The Balaban J connectivity index is 0.000000368. The predicted octanol–water partition coefficient (Wildman–Crippen LogP) is 3.77. The van der Waals surface area contributed by atoms with Gasteiger partial charge < -0.3 is 20.0 Å². The summed E-state index contributed by atoms with van der Waals surface area (Å²) in [5.41, 5.74) is 7.42. The largest absolute Gasteiger partial charge is 0.353 e. The number of hydrogen-bond donors (Lipinski definition) is 3. The first kappa shape index (κ1) is 20.7. The molecule has 0 unspecified atom stereocenters. The Kier molecular flexibility index (Phi) is 4.91. The molecule has 3 aromatic rings. The van der Waals surface area contributed by atoms with Gasteiger partial charge in [0, 0.05) is 22.6 Å². The molecule has 7 rings (SSSR count). The summed E-state index contributed by atoms with van der Waals surface area (Å²) < 4.78 is 0. The molecule has 7 heteroatoms. The number of benzene rings is 1. The lowest BCUT2D eigenvalue weighted by atomic mass is 9.80. The zero-order valence-electron chi connectivity index (χ0n) is 19.2. The summed E-state index contributed by atoms with van der Waals surface area (Å²) >= 11 is 0. The summed E-state index contributed by atoms with van der Waals surface area (Å²) in [6.07, 6.45) is 12.5. The van der Waals surface area contributed by atoms with Crippen LogP contribution in [-0.4, -0.2) is 47.0 Å². The molecule has 2 fully saturated rings. The van der Waals surface area contributed by atoms with Crippen molar-refractivity contribution < 1.29 is 9.59 Å². The van der Waals surface area contributed by atoms with Crippen LogP contribution in [-0.2, 0) is 27.8 Å². The molecule has 4 aliphatic rings. The van der Waals surface area contributed by atoms with Crippen molar-refractivity contribution in [1.82, 2.24) is 20.5 Å². The number of aryl methyl sites for hydroxylation is 2. The third-order valence-corrected chi connectivity index (χ3v) is 8.02. The number of fused-ring (bicyclic) bond motifs is 7. The fourth-order valence-corrected chi connectivity index (χ4v) is 6.11. The first-order chi connectivity index (χ1) is 16.2. The standard InChI is InChI=1S/C22H22N4O2.C4H9N/c27-9-8-26-18-10-15-14-5-3-4-13-12-23-25-19(13)20(14)24-17(15)11-16(18)22(21(26)28)6-1-2-7-22;1-5-4-2-3-4/h9-12,24H,1-8H2,(H,23,25);4-5H,2-3H2,1H3. The second-order valence-corrected chi connectivity index (χ2v) is 9.95. The van der Waals surface area contributed by atoms with Gasteiger partial charge in [-0.15, -0.1) is 0 Å². The van der Waals surface area contributed by atoms with E-state index in [1.807, 2.05) is 13.2 Å². The van der Waals surface area contributed by atoms with E-state index in [2.05, 4.69) is 32.6 Å². The van der Waals surface area contributed by atoms with Crippen molar-refractivity contribution in [3.63, 3.8) is 0 Å². The number of amides is 1. The van der Waals surface area contributed by atoms with E-state index in [1.54, 1.807) is 4.90 Å². The van der Waals surface area contributed by atoms with Gasteiger partial charge in [-0.25, -0.2) is 0 Å². The van der Waals surface area contributed by atoms with Gasteiger partial charge in [-0.05, 0) is 80.8 Å². The molecule has 0 saturated heterocycles. The second-order valence-electron chi connectivity index (χ2n) is 9.95. The summed E-state index contributed by atoms with van der Waals surface area (Å²) in [5, 5.41) is 11.7. The molecule has 172 valence electrons. The number of aldehydes is 1. The van der Waals surface area contributed by atoms with E-state index in [-0.39, 0.29) is 12.5 Å². The van der Waals surface area contributed by atoms with Crippen molar-refractivity contribution in [2.24, 2.45) is 0 Å². The van der Waals surface area contributed by atoms with E-state index >= 15 is 0 Å². The molecule has 0 bridgehead atoms.